The number of nitrogens with zero attached hydrogens (tertiary/aromatic N) is 3. The highest BCUT2D eigenvalue weighted by atomic mass is 16.3. The number of hydrogen-bond acceptors (Lipinski definition) is 4. The maximum Gasteiger partial charge on any atom is 0.198 e. The first-order valence-electron chi connectivity index (χ1n) is 6.97. The molecule has 0 aliphatic carbocycles. The Morgan fingerprint density at radius 3 is 2.60 bits per heavy atom. The Hall–Kier alpha value is -2.36. The van der Waals surface area contributed by atoms with Gasteiger partial charge in [-0.05, 0) is 37.1 Å². The van der Waals surface area contributed by atoms with Crippen LogP contribution in [0.15, 0.2) is 47.1 Å². The van der Waals surface area contributed by atoms with Gasteiger partial charge in [-0.3, -0.25) is 0 Å². The van der Waals surface area contributed by atoms with Gasteiger partial charge in [0.15, 0.2) is 11.6 Å². The fourth-order valence-corrected chi connectivity index (χ4v) is 2.75. The lowest BCUT2D eigenvalue weighted by molar-refractivity contribution is 0.577. The predicted octanol–water partition coefficient (Wildman–Crippen LogP) is 3.49. The molecule has 1 fully saturated rings. The Labute approximate surface area is 117 Å². The van der Waals surface area contributed by atoms with Crippen molar-refractivity contribution in [1.29, 1.82) is 0 Å². The molecule has 1 aliphatic heterocycles. The minimum Gasteiger partial charge on any atom is -0.461 e. The lowest BCUT2D eigenvalue weighted by Crippen LogP contribution is -2.19. The van der Waals surface area contributed by atoms with E-state index in [4.69, 9.17) is 9.40 Å². The van der Waals surface area contributed by atoms with Gasteiger partial charge in [0, 0.05) is 18.5 Å². The van der Waals surface area contributed by atoms with E-state index in [0.29, 0.717) is 5.82 Å². The van der Waals surface area contributed by atoms with E-state index in [9.17, 15) is 0 Å². The molecular weight excluding hydrogens is 250 g/mol. The van der Waals surface area contributed by atoms with Crippen LogP contribution in [-0.4, -0.2) is 23.1 Å². The van der Waals surface area contributed by atoms with Gasteiger partial charge in [-0.25, -0.2) is 9.97 Å². The monoisotopic (exact) mass is 265 g/mol. The number of hydrogen-bond donors (Lipinski definition) is 0. The normalized spacial score (nSPS) is 15.1. The highest BCUT2D eigenvalue weighted by Crippen LogP contribution is 2.29. The molecule has 1 aliphatic rings. The molecule has 0 N–H and O–H groups in total. The Morgan fingerprint density at radius 2 is 1.80 bits per heavy atom. The van der Waals surface area contributed by atoms with Crippen molar-refractivity contribution in [3.8, 4) is 11.6 Å². The third-order valence-electron chi connectivity index (χ3n) is 3.73. The van der Waals surface area contributed by atoms with Gasteiger partial charge in [-0.2, -0.15) is 0 Å². The minimum atomic E-state index is 0.663. The third kappa shape index (κ3) is 1.84. The number of para-hydroxylation sites is 1. The molecule has 0 radical (unpaired) electrons. The summed E-state index contributed by atoms with van der Waals surface area (Å²) in [5, 5.41) is 1.12. The smallest absolute Gasteiger partial charge is 0.198 e. The van der Waals surface area contributed by atoms with Crippen molar-refractivity contribution in [1.82, 2.24) is 9.97 Å². The Balaban J connectivity index is 1.94. The molecule has 0 spiro atoms. The van der Waals surface area contributed by atoms with Crippen LogP contribution in [0, 0.1) is 0 Å². The largest absolute Gasteiger partial charge is 0.461 e. The summed E-state index contributed by atoms with van der Waals surface area (Å²) in [6.45, 7) is 2.14. The number of furan rings is 1. The van der Waals surface area contributed by atoms with Gasteiger partial charge in [0.05, 0.1) is 11.8 Å². The van der Waals surface area contributed by atoms with Crippen molar-refractivity contribution in [3.63, 3.8) is 0 Å². The van der Waals surface area contributed by atoms with Crippen molar-refractivity contribution in [2.75, 3.05) is 18.0 Å². The Kier molecular flexibility index (Phi) is 2.66. The molecule has 0 atom stereocenters. The van der Waals surface area contributed by atoms with Crippen LogP contribution < -0.4 is 4.90 Å². The van der Waals surface area contributed by atoms with Crippen molar-refractivity contribution < 1.29 is 4.42 Å². The second kappa shape index (κ2) is 4.63. The predicted molar refractivity (Wildman–Crippen MR) is 78.7 cm³/mol. The van der Waals surface area contributed by atoms with Gasteiger partial charge >= 0.3 is 0 Å². The third-order valence-corrected chi connectivity index (χ3v) is 3.73. The van der Waals surface area contributed by atoms with Crippen LogP contribution in [0.1, 0.15) is 12.8 Å². The average molecular weight is 265 g/mol. The molecule has 0 amide bonds. The van der Waals surface area contributed by atoms with E-state index >= 15 is 0 Å². The zero-order valence-corrected chi connectivity index (χ0v) is 11.1. The van der Waals surface area contributed by atoms with Gasteiger partial charge in [-0.15, -0.1) is 0 Å². The molecule has 4 heteroatoms. The summed E-state index contributed by atoms with van der Waals surface area (Å²) in [4.78, 5) is 11.7. The van der Waals surface area contributed by atoms with Crippen LogP contribution in [0.4, 0.5) is 5.82 Å². The number of rotatable bonds is 2. The fourth-order valence-electron chi connectivity index (χ4n) is 2.75. The zero-order chi connectivity index (χ0) is 13.4. The van der Waals surface area contributed by atoms with Gasteiger partial charge in [0.25, 0.3) is 0 Å². The summed E-state index contributed by atoms with van der Waals surface area (Å²) in [6, 6.07) is 11.9. The number of aromatic nitrogens is 2. The van der Waals surface area contributed by atoms with E-state index in [1.807, 2.05) is 30.3 Å². The molecule has 0 unspecified atom stereocenters. The lowest BCUT2D eigenvalue weighted by Gasteiger charge is -2.18. The summed E-state index contributed by atoms with van der Waals surface area (Å²) in [7, 11) is 0. The molecular formula is C16H15N3O. The maximum absolute atomic E-state index is 5.44. The molecule has 4 rings (SSSR count). The highest BCUT2D eigenvalue weighted by Gasteiger charge is 2.19. The minimum absolute atomic E-state index is 0.663. The Bertz CT molecular complexity index is 731. The summed E-state index contributed by atoms with van der Waals surface area (Å²) in [5.41, 5.74) is 0.968. The van der Waals surface area contributed by atoms with Gasteiger partial charge in [0.1, 0.15) is 5.82 Å². The van der Waals surface area contributed by atoms with Crippen LogP contribution >= 0.6 is 0 Å². The summed E-state index contributed by atoms with van der Waals surface area (Å²) >= 11 is 0. The van der Waals surface area contributed by atoms with E-state index in [0.717, 1.165) is 35.6 Å². The first-order valence-corrected chi connectivity index (χ1v) is 6.97. The second-order valence-electron chi connectivity index (χ2n) is 5.06. The highest BCUT2D eigenvalue weighted by molar-refractivity contribution is 5.90. The van der Waals surface area contributed by atoms with Crippen LogP contribution in [0.2, 0.25) is 0 Å². The zero-order valence-electron chi connectivity index (χ0n) is 11.1. The van der Waals surface area contributed by atoms with Crippen molar-refractivity contribution in [2.45, 2.75) is 12.8 Å². The van der Waals surface area contributed by atoms with Gasteiger partial charge < -0.3 is 9.32 Å². The van der Waals surface area contributed by atoms with Crippen molar-refractivity contribution in [2.24, 2.45) is 0 Å². The SMILES string of the molecule is c1coc(-c2nc(N3CCCC3)c3ccccc3n2)c1. The van der Waals surface area contributed by atoms with E-state index in [-0.39, 0.29) is 0 Å². The summed E-state index contributed by atoms with van der Waals surface area (Å²) in [6.07, 6.45) is 4.12. The first-order chi connectivity index (χ1) is 9.92. The fraction of sp³-hybridized carbons (Fsp3) is 0.250. The molecule has 20 heavy (non-hydrogen) atoms. The van der Waals surface area contributed by atoms with E-state index < -0.39 is 0 Å². The molecule has 4 nitrogen and oxygen atoms in total. The summed E-state index contributed by atoms with van der Waals surface area (Å²) < 4.78 is 5.44. The van der Waals surface area contributed by atoms with Gasteiger partial charge in [-0.1, -0.05) is 12.1 Å². The van der Waals surface area contributed by atoms with Crippen molar-refractivity contribution >= 4 is 16.7 Å². The van der Waals surface area contributed by atoms with Crippen LogP contribution in [0.3, 0.4) is 0 Å². The van der Waals surface area contributed by atoms with Gasteiger partial charge in [0.2, 0.25) is 0 Å². The molecule has 0 bridgehead atoms. The quantitative estimate of drug-likeness (QED) is 0.711. The standard InChI is InChI=1S/C16H15N3O/c1-2-7-13-12(6-1)16(19-9-3-4-10-19)18-15(17-13)14-8-5-11-20-14/h1-2,5-8,11H,3-4,9-10H2. The number of anilines is 1. The molecule has 0 saturated carbocycles. The molecule has 3 aromatic rings. The second-order valence-corrected chi connectivity index (χ2v) is 5.06. The average Bonchev–Trinajstić information content (AvgIpc) is 3.19. The number of benzene rings is 1. The van der Waals surface area contributed by atoms with E-state index in [1.165, 1.54) is 12.8 Å². The van der Waals surface area contributed by atoms with Crippen LogP contribution in [0.5, 0.6) is 0 Å². The molecule has 100 valence electrons. The number of fused-ring (bicyclic) bond motifs is 1. The molecule has 1 saturated heterocycles. The maximum atomic E-state index is 5.44. The van der Waals surface area contributed by atoms with Crippen molar-refractivity contribution in [3.05, 3.63) is 42.7 Å². The molecule has 3 heterocycles. The van der Waals surface area contributed by atoms with E-state index in [1.54, 1.807) is 6.26 Å². The molecule has 2 aromatic heterocycles. The van der Waals surface area contributed by atoms with E-state index in [2.05, 4.69) is 16.0 Å². The van der Waals surface area contributed by atoms with Crippen LogP contribution in [0.25, 0.3) is 22.5 Å². The van der Waals surface area contributed by atoms with Crippen LogP contribution in [-0.2, 0) is 0 Å². The lowest BCUT2D eigenvalue weighted by atomic mass is 10.2. The first kappa shape index (κ1) is 11.5. The Morgan fingerprint density at radius 1 is 0.950 bits per heavy atom. The molecule has 1 aromatic carbocycles. The topological polar surface area (TPSA) is 42.2 Å². The summed E-state index contributed by atoms with van der Waals surface area (Å²) in [5.74, 6) is 2.41.